The van der Waals surface area contributed by atoms with E-state index < -0.39 is 25.0 Å². The van der Waals surface area contributed by atoms with Crippen molar-refractivity contribution in [2.24, 2.45) is 0 Å². The van der Waals surface area contributed by atoms with E-state index in [9.17, 15) is 21.7 Å². The fraction of sp³-hybridized carbons (Fsp3) is 0.200. The van der Waals surface area contributed by atoms with Crippen molar-refractivity contribution in [2.45, 2.75) is 12.8 Å². The first-order chi connectivity index (χ1) is 10.2. The molecule has 7 heteroatoms. The molecule has 118 valence electrons. The van der Waals surface area contributed by atoms with E-state index in [1.807, 2.05) is 0 Å². The first-order valence-electron chi connectivity index (χ1n) is 6.57. The summed E-state index contributed by atoms with van der Waals surface area (Å²) in [6, 6.07) is 10.1. The normalized spacial score (nSPS) is 12.3. The van der Waals surface area contributed by atoms with E-state index in [1.165, 1.54) is 31.2 Å². The lowest BCUT2D eigenvalue weighted by molar-refractivity contribution is -0.0467. The van der Waals surface area contributed by atoms with Crippen molar-refractivity contribution in [3.05, 3.63) is 59.7 Å². The summed E-state index contributed by atoms with van der Waals surface area (Å²) in [6.45, 7) is -4.79. The van der Waals surface area contributed by atoms with Crippen LogP contribution in [0.1, 0.15) is 11.1 Å². The fourth-order valence-corrected chi connectivity index (χ4v) is 2.04. The van der Waals surface area contributed by atoms with Crippen LogP contribution in [0.3, 0.4) is 0 Å². The summed E-state index contributed by atoms with van der Waals surface area (Å²) in [6.07, 6.45) is 0. The molecular formula is C15H13BF5O-. The molecule has 0 saturated heterocycles. The minimum Gasteiger partial charge on any atom is -0.487 e. The van der Waals surface area contributed by atoms with E-state index in [2.05, 4.69) is 0 Å². The molecule has 22 heavy (non-hydrogen) atoms. The Morgan fingerprint density at radius 3 is 2.18 bits per heavy atom. The van der Waals surface area contributed by atoms with Crippen LogP contribution >= 0.6 is 0 Å². The van der Waals surface area contributed by atoms with Crippen molar-refractivity contribution >= 4 is 12.4 Å². The van der Waals surface area contributed by atoms with Gasteiger partial charge in [-0.05, 0) is 19.1 Å². The molecule has 0 bridgehead atoms. The molecule has 1 nitrogen and oxygen atoms in total. The monoisotopic (exact) mass is 315 g/mol. The van der Waals surface area contributed by atoms with Crippen LogP contribution in [0.4, 0.5) is 21.7 Å². The predicted octanol–water partition coefficient (Wildman–Crippen LogP) is 4.22. The summed E-state index contributed by atoms with van der Waals surface area (Å²) in [5, 5.41) is 0. The second kappa shape index (κ2) is 5.98. The molecule has 0 aliphatic carbocycles. The van der Waals surface area contributed by atoms with Crippen LogP contribution in [-0.2, 0) is 5.92 Å². The summed E-state index contributed by atoms with van der Waals surface area (Å²) < 4.78 is 70.8. The Hall–Kier alpha value is -2.05. The van der Waals surface area contributed by atoms with Gasteiger partial charge in [-0.1, -0.05) is 42.0 Å². The summed E-state index contributed by atoms with van der Waals surface area (Å²) in [7, 11) is 0. The third-order valence-electron chi connectivity index (χ3n) is 3.21. The number of hydrogen-bond acceptors (Lipinski definition) is 1. The Kier molecular flexibility index (Phi) is 4.44. The number of ether oxygens (including phenoxy) is 1. The molecule has 0 heterocycles. The molecule has 0 aliphatic heterocycles. The maximum absolute atomic E-state index is 13.9. The van der Waals surface area contributed by atoms with Gasteiger partial charge in [-0.25, -0.2) is 0 Å². The zero-order valence-electron chi connectivity index (χ0n) is 11.7. The molecule has 0 radical (unpaired) electrons. The van der Waals surface area contributed by atoms with Crippen molar-refractivity contribution in [2.75, 3.05) is 6.61 Å². The highest BCUT2D eigenvalue weighted by molar-refractivity contribution is 6.74. The topological polar surface area (TPSA) is 9.23 Å². The van der Waals surface area contributed by atoms with Gasteiger partial charge in [0.15, 0.2) is 6.61 Å². The van der Waals surface area contributed by atoms with Gasteiger partial charge >= 0.3 is 12.9 Å². The molecule has 0 atom stereocenters. The average molecular weight is 315 g/mol. The standard InChI is InChI=1S/C15H13BF5O/c1-11-9-13(7-8-14(11)16(19,20)21)22-10-15(17,18)12-5-3-2-4-6-12/h2-9H,10H2,1H3/q-1. The first kappa shape index (κ1) is 16.3. The lowest BCUT2D eigenvalue weighted by atomic mass is 9.77. The molecule has 0 fully saturated rings. The summed E-state index contributed by atoms with van der Waals surface area (Å²) in [5.74, 6) is -3.24. The van der Waals surface area contributed by atoms with Gasteiger partial charge in [-0.15, -0.1) is 5.46 Å². The quantitative estimate of drug-likeness (QED) is 0.593. The number of alkyl halides is 2. The Morgan fingerprint density at radius 2 is 1.64 bits per heavy atom. The largest absolute Gasteiger partial charge is 0.509 e. The van der Waals surface area contributed by atoms with Crippen LogP contribution in [0.2, 0.25) is 0 Å². The number of rotatable bonds is 5. The van der Waals surface area contributed by atoms with Crippen LogP contribution in [-0.4, -0.2) is 13.6 Å². The highest BCUT2D eigenvalue weighted by atomic mass is 19.4. The molecule has 2 rings (SSSR count). The van der Waals surface area contributed by atoms with Crippen LogP contribution in [0.25, 0.3) is 0 Å². The number of aryl methyl sites for hydroxylation is 1. The van der Waals surface area contributed by atoms with Gasteiger partial charge in [0, 0.05) is 5.56 Å². The molecule has 0 aliphatic rings. The molecule has 0 spiro atoms. The number of hydrogen-bond donors (Lipinski definition) is 0. The Bertz CT molecular complexity index is 640. The van der Waals surface area contributed by atoms with Crippen LogP contribution < -0.4 is 10.2 Å². The summed E-state index contributed by atoms with van der Waals surface area (Å²) in [4.78, 5) is 0. The highest BCUT2D eigenvalue weighted by Crippen LogP contribution is 2.29. The van der Waals surface area contributed by atoms with Crippen LogP contribution in [0, 0.1) is 6.92 Å². The Balaban J connectivity index is 2.11. The summed E-state index contributed by atoms with van der Waals surface area (Å²) >= 11 is 0. The van der Waals surface area contributed by atoms with Gasteiger partial charge < -0.3 is 17.7 Å². The first-order valence-corrected chi connectivity index (χ1v) is 6.57. The van der Waals surface area contributed by atoms with Crippen molar-refractivity contribution in [3.63, 3.8) is 0 Å². The lowest BCUT2D eigenvalue weighted by Crippen LogP contribution is -2.36. The van der Waals surface area contributed by atoms with Crippen molar-refractivity contribution in [1.29, 1.82) is 0 Å². The smallest absolute Gasteiger partial charge is 0.487 e. The molecule has 0 saturated carbocycles. The van der Waals surface area contributed by atoms with Gasteiger partial charge in [0.25, 0.3) is 0 Å². The van der Waals surface area contributed by atoms with Gasteiger partial charge in [0.2, 0.25) is 0 Å². The van der Waals surface area contributed by atoms with E-state index in [1.54, 1.807) is 6.07 Å². The van der Waals surface area contributed by atoms with E-state index in [4.69, 9.17) is 4.74 Å². The molecule has 2 aromatic carbocycles. The lowest BCUT2D eigenvalue weighted by Gasteiger charge is -2.20. The maximum Gasteiger partial charge on any atom is 0.509 e. The van der Waals surface area contributed by atoms with Gasteiger partial charge in [0.05, 0.1) is 0 Å². The van der Waals surface area contributed by atoms with Gasteiger partial charge in [-0.3, -0.25) is 0 Å². The van der Waals surface area contributed by atoms with E-state index in [0.717, 1.165) is 18.2 Å². The van der Waals surface area contributed by atoms with Gasteiger partial charge in [-0.2, -0.15) is 8.78 Å². The molecule has 0 amide bonds. The fourth-order valence-electron chi connectivity index (χ4n) is 2.04. The third kappa shape index (κ3) is 3.78. The van der Waals surface area contributed by atoms with E-state index in [0.29, 0.717) is 0 Å². The van der Waals surface area contributed by atoms with Crippen LogP contribution in [0.5, 0.6) is 5.75 Å². The van der Waals surface area contributed by atoms with Crippen molar-refractivity contribution in [1.82, 2.24) is 0 Å². The average Bonchev–Trinajstić information content (AvgIpc) is 2.45. The maximum atomic E-state index is 13.9. The number of benzene rings is 2. The van der Waals surface area contributed by atoms with Crippen LogP contribution in [0.15, 0.2) is 48.5 Å². The second-order valence-electron chi connectivity index (χ2n) is 4.95. The van der Waals surface area contributed by atoms with Crippen molar-refractivity contribution < 1.29 is 26.5 Å². The third-order valence-corrected chi connectivity index (χ3v) is 3.21. The zero-order chi connectivity index (χ0) is 16.4. The molecule has 0 aromatic heterocycles. The Labute approximate surface area is 124 Å². The second-order valence-corrected chi connectivity index (χ2v) is 4.95. The minimum absolute atomic E-state index is 0.0168. The molecular weight excluding hydrogens is 302 g/mol. The summed E-state index contributed by atoms with van der Waals surface area (Å²) in [5.41, 5.74) is -1.00. The molecule has 0 N–H and O–H groups in total. The van der Waals surface area contributed by atoms with E-state index in [-0.39, 0.29) is 16.9 Å². The zero-order valence-corrected chi connectivity index (χ0v) is 11.7. The molecule has 0 unspecified atom stereocenters. The predicted molar refractivity (Wildman–Crippen MR) is 75.7 cm³/mol. The SMILES string of the molecule is Cc1cc(OCC(F)(F)c2ccccc2)ccc1[B-](F)(F)F. The highest BCUT2D eigenvalue weighted by Gasteiger charge is 2.32. The minimum atomic E-state index is -5.12. The number of halogens is 5. The molecule has 2 aromatic rings. The van der Waals surface area contributed by atoms with Gasteiger partial charge in [0.1, 0.15) is 5.75 Å². The Morgan fingerprint density at radius 1 is 1.00 bits per heavy atom. The van der Waals surface area contributed by atoms with E-state index >= 15 is 0 Å². The van der Waals surface area contributed by atoms with Crippen molar-refractivity contribution in [3.8, 4) is 5.75 Å².